The Labute approximate surface area is 285 Å². The number of hydrogen-bond acceptors (Lipinski definition) is 6. The third kappa shape index (κ3) is 6.35. The molecule has 0 bridgehead atoms. The van der Waals surface area contributed by atoms with E-state index in [-0.39, 0.29) is 45.5 Å². The average molecular weight is 707 g/mol. The molecule has 4 amide bonds. The number of nitrogens with zero attached hydrogens (tertiary/aromatic N) is 2. The highest BCUT2D eigenvalue weighted by Crippen LogP contribution is 2.57. The fourth-order valence-corrected chi connectivity index (χ4v) is 5.94. The van der Waals surface area contributed by atoms with Crippen molar-refractivity contribution in [3.8, 4) is 23.0 Å². The number of carbonyl (C=O) groups excluding carboxylic acids is 4. The average Bonchev–Trinajstić information content (AvgIpc) is 3.55. The van der Waals surface area contributed by atoms with E-state index in [1.165, 1.54) is 74.5 Å². The van der Waals surface area contributed by atoms with Crippen LogP contribution in [-0.4, -0.2) is 36.0 Å². The first kappa shape index (κ1) is 34.7. The van der Waals surface area contributed by atoms with Crippen LogP contribution in [0.15, 0.2) is 109 Å². The molecule has 0 saturated heterocycles. The monoisotopic (exact) mass is 706 g/mol. The molecule has 0 aliphatic carbocycles. The normalized spacial score (nSPS) is 15.0. The third-order valence-electron chi connectivity index (χ3n) is 8.10. The van der Waals surface area contributed by atoms with Gasteiger partial charge in [0, 0.05) is 24.3 Å². The summed E-state index contributed by atoms with van der Waals surface area (Å²) in [4.78, 5) is 49.7. The summed E-state index contributed by atoms with van der Waals surface area (Å²) in [5, 5.41) is 0. The van der Waals surface area contributed by atoms with Crippen molar-refractivity contribution in [2.75, 3.05) is 9.80 Å². The summed E-state index contributed by atoms with van der Waals surface area (Å²) in [6.45, 7) is 2.64. The molecule has 8 nitrogen and oxygen atoms in total. The van der Waals surface area contributed by atoms with Gasteiger partial charge in [-0.1, -0.05) is 12.1 Å². The number of aryl methyl sites for hydroxylation is 2. The zero-order valence-corrected chi connectivity index (χ0v) is 26.5. The topological polar surface area (TPSA) is 93.2 Å². The lowest BCUT2D eigenvalue weighted by Crippen LogP contribution is -2.54. The fourth-order valence-electron chi connectivity index (χ4n) is 5.94. The van der Waals surface area contributed by atoms with Gasteiger partial charge >= 0.3 is 12.4 Å². The molecule has 4 aromatic rings. The van der Waals surface area contributed by atoms with Gasteiger partial charge in [-0.05, 0) is 109 Å². The van der Waals surface area contributed by atoms with Crippen molar-refractivity contribution in [3.05, 3.63) is 131 Å². The first-order valence-electron chi connectivity index (χ1n) is 15.0. The number of anilines is 2. The summed E-state index contributed by atoms with van der Waals surface area (Å²) >= 11 is 0. The molecular weight excluding hydrogens is 682 g/mol. The Morgan fingerprint density at radius 3 is 1.06 bits per heavy atom. The van der Waals surface area contributed by atoms with Crippen molar-refractivity contribution >= 4 is 35.0 Å². The van der Waals surface area contributed by atoms with E-state index < -0.39 is 52.5 Å². The lowest BCUT2D eigenvalue weighted by Gasteiger charge is -2.39. The Balaban J connectivity index is 1.37. The van der Waals surface area contributed by atoms with Crippen LogP contribution in [0.3, 0.4) is 0 Å². The van der Waals surface area contributed by atoms with E-state index in [1.54, 1.807) is 0 Å². The van der Waals surface area contributed by atoms with Crippen molar-refractivity contribution in [2.45, 2.75) is 31.6 Å². The van der Waals surface area contributed by atoms with Crippen LogP contribution in [0.4, 0.5) is 37.7 Å². The minimum absolute atomic E-state index is 0.0129. The number of ether oxygens (including phenoxy) is 2. The van der Waals surface area contributed by atoms with Crippen molar-refractivity contribution in [1.82, 2.24) is 0 Å². The van der Waals surface area contributed by atoms with E-state index in [2.05, 4.69) is 0 Å². The summed E-state index contributed by atoms with van der Waals surface area (Å²) in [7, 11) is 0. The molecule has 6 rings (SSSR count). The van der Waals surface area contributed by atoms with Crippen molar-refractivity contribution in [1.29, 1.82) is 0 Å². The van der Waals surface area contributed by atoms with E-state index in [1.807, 2.05) is 0 Å². The van der Waals surface area contributed by atoms with Crippen LogP contribution in [0.25, 0.3) is 0 Å². The van der Waals surface area contributed by atoms with Gasteiger partial charge in [-0.3, -0.25) is 19.2 Å². The molecule has 14 heteroatoms. The van der Waals surface area contributed by atoms with Crippen LogP contribution < -0.4 is 19.3 Å². The predicted octanol–water partition coefficient (Wildman–Crippen LogP) is 8.16. The molecule has 51 heavy (non-hydrogen) atoms. The number of halogens is 6. The molecular formula is C37H24F6N2O6. The van der Waals surface area contributed by atoms with Gasteiger partial charge in [-0.25, -0.2) is 9.80 Å². The number of imide groups is 2. The van der Waals surface area contributed by atoms with Gasteiger partial charge in [-0.15, -0.1) is 0 Å². The molecule has 0 saturated carbocycles. The first-order chi connectivity index (χ1) is 24.0. The van der Waals surface area contributed by atoms with Crippen molar-refractivity contribution in [2.24, 2.45) is 0 Å². The van der Waals surface area contributed by atoms with E-state index in [9.17, 15) is 19.2 Å². The SMILES string of the molecule is Cc1cc(Oc2ccc(N3C(=O)C=CC3=O)cc2)cc(C(c2cc(C)cc(Oc3ccc(N4C(=O)C=CC4=O)cc3)c2)(C(F)(F)F)C(F)(F)F)c1. The zero-order chi connectivity index (χ0) is 36.9. The zero-order valence-electron chi connectivity index (χ0n) is 26.5. The number of hydrogen-bond donors (Lipinski definition) is 0. The Morgan fingerprint density at radius 1 is 0.451 bits per heavy atom. The second kappa shape index (κ2) is 12.6. The molecule has 2 heterocycles. The van der Waals surface area contributed by atoms with Gasteiger partial charge < -0.3 is 9.47 Å². The molecule has 2 aliphatic heterocycles. The maximum Gasteiger partial charge on any atom is 0.411 e. The predicted molar refractivity (Wildman–Crippen MR) is 172 cm³/mol. The van der Waals surface area contributed by atoms with Crippen LogP contribution in [0.2, 0.25) is 0 Å². The van der Waals surface area contributed by atoms with E-state index >= 15 is 26.3 Å². The smallest absolute Gasteiger partial charge is 0.411 e. The summed E-state index contributed by atoms with van der Waals surface area (Å²) in [5.74, 6) is -2.97. The number of amides is 4. The van der Waals surface area contributed by atoms with Crippen LogP contribution in [-0.2, 0) is 24.6 Å². The van der Waals surface area contributed by atoms with Gasteiger partial charge in [0.05, 0.1) is 11.4 Å². The maximum atomic E-state index is 15.2. The van der Waals surface area contributed by atoms with Crippen LogP contribution in [0, 0.1) is 13.8 Å². The third-order valence-corrected chi connectivity index (χ3v) is 8.10. The second-order valence-electron chi connectivity index (χ2n) is 11.7. The van der Waals surface area contributed by atoms with Crippen molar-refractivity contribution in [3.63, 3.8) is 0 Å². The highest BCUT2D eigenvalue weighted by atomic mass is 19.4. The summed E-state index contributed by atoms with van der Waals surface area (Å²) in [5.41, 5.74) is -6.44. The molecule has 4 aromatic carbocycles. The molecule has 0 fully saturated rings. The number of benzene rings is 4. The Morgan fingerprint density at radius 2 is 0.765 bits per heavy atom. The largest absolute Gasteiger partial charge is 0.457 e. The Bertz CT molecular complexity index is 1950. The number of carbonyl (C=O) groups is 4. The Hall–Kier alpha value is -6.18. The second-order valence-corrected chi connectivity index (χ2v) is 11.7. The van der Waals surface area contributed by atoms with E-state index in [4.69, 9.17) is 9.47 Å². The molecule has 0 N–H and O–H groups in total. The quantitative estimate of drug-likeness (QED) is 0.136. The lowest BCUT2D eigenvalue weighted by atomic mass is 9.72. The molecule has 0 atom stereocenters. The first-order valence-corrected chi connectivity index (χ1v) is 15.0. The molecule has 0 unspecified atom stereocenters. The molecule has 0 spiro atoms. The van der Waals surface area contributed by atoms with Gasteiger partial charge in [0.15, 0.2) is 0 Å². The highest BCUT2D eigenvalue weighted by Gasteiger charge is 2.72. The van der Waals surface area contributed by atoms with Crippen LogP contribution >= 0.6 is 0 Å². The number of rotatable bonds is 8. The summed E-state index contributed by atoms with van der Waals surface area (Å²) in [6.07, 6.45) is -7.52. The molecule has 260 valence electrons. The van der Waals surface area contributed by atoms with Gasteiger partial charge in [-0.2, -0.15) is 26.3 Å². The number of alkyl halides is 6. The van der Waals surface area contributed by atoms with Gasteiger partial charge in [0.25, 0.3) is 23.6 Å². The van der Waals surface area contributed by atoms with Crippen LogP contribution in [0.1, 0.15) is 22.3 Å². The minimum atomic E-state index is -5.92. The maximum absolute atomic E-state index is 15.2. The van der Waals surface area contributed by atoms with Crippen LogP contribution in [0.5, 0.6) is 23.0 Å². The van der Waals surface area contributed by atoms with E-state index in [0.29, 0.717) is 12.1 Å². The fraction of sp³-hybridized carbons (Fsp3) is 0.135. The molecule has 2 aliphatic rings. The Kier molecular flexibility index (Phi) is 8.57. The minimum Gasteiger partial charge on any atom is -0.457 e. The molecule has 0 radical (unpaired) electrons. The van der Waals surface area contributed by atoms with E-state index in [0.717, 1.165) is 46.2 Å². The lowest BCUT2D eigenvalue weighted by molar-refractivity contribution is -0.288. The van der Waals surface area contributed by atoms with Gasteiger partial charge in [0.1, 0.15) is 23.0 Å². The summed E-state index contributed by atoms with van der Waals surface area (Å²) in [6, 6.07) is 16.0. The standard InChI is InChI=1S/C37H24F6N2O6/c1-21-15-23(19-29(17-21)50-27-7-3-25(4-8-27)44-31(46)11-12-32(44)47)35(36(38,39)40,37(41,42)43)24-16-22(2)18-30(20-24)51-28-9-5-26(6-10-28)45-33(48)13-14-34(45)49/h3-20H,1-2H3. The van der Waals surface area contributed by atoms with Crippen molar-refractivity contribution < 1.29 is 55.0 Å². The molecule has 0 aromatic heterocycles. The van der Waals surface area contributed by atoms with Gasteiger partial charge in [0.2, 0.25) is 5.41 Å². The summed E-state index contributed by atoms with van der Waals surface area (Å²) < 4.78 is 103. The highest BCUT2D eigenvalue weighted by molar-refractivity contribution is 6.28.